The Morgan fingerprint density at radius 3 is 3.14 bits per heavy atom. The zero-order valence-corrected chi connectivity index (χ0v) is 12.8. The number of halogens is 1. The summed E-state index contributed by atoms with van der Waals surface area (Å²) in [5.41, 5.74) is 1.03. The molecule has 3 nitrogen and oxygen atoms in total. The molecule has 0 aliphatic carbocycles. The van der Waals surface area contributed by atoms with Gasteiger partial charge in [-0.3, -0.25) is 4.90 Å². The molecule has 1 aromatic heterocycles. The second kappa shape index (κ2) is 6.56. The highest BCUT2D eigenvalue weighted by atomic mass is 32.1. The van der Waals surface area contributed by atoms with Crippen molar-refractivity contribution >= 4 is 11.3 Å². The van der Waals surface area contributed by atoms with Crippen LogP contribution in [0.4, 0.5) is 4.39 Å². The van der Waals surface area contributed by atoms with Crippen molar-refractivity contribution in [3.63, 3.8) is 0 Å². The van der Waals surface area contributed by atoms with Crippen LogP contribution in [0.25, 0.3) is 0 Å². The summed E-state index contributed by atoms with van der Waals surface area (Å²) in [4.78, 5) is 3.61. The Bertz CT molecular complexity index is 601. The quantitative estimate of drug-likeness (QED) is 0.939. The van der Waals surface area contributed by atoms with Gasteiger partial charge in [0, 0.05) is 32.2 Å². The maximum atomic E-state index is 13.5. The van der Waals surface area contributed by atoms with Crippen molar-refractivity contribution < 1.29 is 9.13 Å². The minimum Gasteiger partial charge on any atom is -0.496 e. The lowest BCUT2D eigenvalue weighted by Crippen LogP contribution is -2.45. The van der Waals surface area contributed by atoms with E-state index in [1.165, 1.54) is 10.9 Å². The van der Waals surface area contributed by atoms with E-state index in [0.29, 0.717) is 0 Å². The molecular weight excluding hydrogens is 287 g/mol. The highest BCUT2D eigenvalue weighted by Crippen LogP contribution is 2.30. The molecule has 1 unspecified atom stereocenters. The smallest absolute Gasteiger partial charge is 0.134 e. The van der Waals surface area contributed by atoms with Crippen LogP contribution >= 0.6 is 11.3 Å². The van der Waals surface area contributed by atoms with Gasteiger partial charge in [0.25, 0.3) is 0 Å². The largest absolute Gasteiger partial charge is 0.496 e. The van der Waals surface area contributed by atoms with Crippen LogP contribution < -0.4 is 10.1 Å². The van der Waals surface area contributed by atoms with E-state index >= 15 is 0 Å². The second-order valence-electron chi connectivity index (χ2n) is 5.16. The van der Waals surface area contributed by atoms with Gasteiger partial charge in [-0.15, -0.1) is 11.3 Å². The molecule has 0 amide bonds. The van der Waals surface area contributed by atoms with Gasteiger partial charge in [0.15, 0.2) is 0 Å². The molecule has 0 bridgehead atoms. The lowest BCUT2D eigenvalue weighted by molar-refractivity contribution is 0.153. The molecule has 21 heavy (non-hydrogen) atoms. The number of hydrogen-bond donors (Lipinski definition) is 1. The molecule has 1 aliphatic heterocycles. The van der Waals surface area contributed by atoms with Crippen molar-refractivity contribution in [1.29, 1.82) is 0 Å². The van der Waals surface area contributed by atoms with E-state index in [1.54, 1.807) is 30.6 Å². The number of piperazine rings is 1. The summed E-state index contributed by atoms with van der Waals surface area (Å²) in [5, 5.41) is 5.45. The summed E-state index contributed by atoms with van der Waals surface area (Å²) in [5.74, 6) is 0.767. The maximum absolute atomic E-state index is 13.5. The zero-order valence-electron chi connectivity index (χ0n) is 12.0. The standard InChI is InChI=1S/C16H19FN2OS/c1-20-15-5-8-21-16(15)11-19-7-6-18-10-14(19)12-3-2-4-13(17)9-12/h2-5,8-9,14,18H,6-7,10-11H2,1H3. The normalized spacial score (nSPS) is 19.6. The number of benzene rings is 1. The molecule has 2 heterocycles. The van der Waals surface area contributed by atoms with Gasteiger partial charge in [0.1, 0.15) is 11.6 Å². The van der Waals surface area contributed by atoms with Crippen molar-refractivity contribution in [3.8, 4) is 5.75 Å². The van der Waals surface area contributed by atoms with Crippen molar-refractivity contribution in [3.05, 3.63) is 52.0 Å². The first-order chi connectivity index (χ1) is 10.3. The van der Waals surface area contributed by atoms with Crippen molar-refractivity contribution in [2.75, 3.05) is 26.7 Å². The molecule has 3 rings (SSSR count). The van der Waals surface area contributed by atoms with E-state index in [-0.39, 0.29) is 11.9 Å². The molecule has 1 saturated heterocycles. The average molecular weight is 306 g/mol. The van der Waals surface area contributed by atoms with Crippen molar-refractivity contribution in [1.82, 2.24) is 10.2 Å². The molecule has 5 heteroatoms. The van der Waals surface area contributed by atoms with Crippen LogP contribution in [-0.2, 0) is 6.54 Å². The SMILES string of the molecule is COc1ccsc1CN1CCNCC1c1cccc(F)c1. The molecule has 0 radical (unpaired) electrons. The molecular formula is C16H19FN2OS. The molecule has 1 fully saturated rings. The van der Waals surface area contributed by atoms with Gasteiger partial charge in [0.05, 0.1) is 12.0 Å². The van der Waals surface area contributed by atoms with Crippen molar-refractivity contribution in [2.24, 2.45) is 0 Å². The van der Waals surface area contributed by atoms with E-state index in [9.17, 15) is 4.39 Å². The lowest BCUT2D eigenvalue weighted by Gasteiger charge is -2.36. The van der Waals surface area contributed by atoms with Crippen LogP contribution in [0.3, 0.4) is 0 Å². The van der Waals surface area contributed by atoms with Gasteiger partial charge in [-0.05, 0) is 29.1 Å². The van der Waals surface area contributed by atoms with Gasteiger partial charge in [-0.2, -0.15) is 0 Å². The Labute approximate surface area is 128 Å². The number of rotatable bonds is 4. The number of ether oxygens (including phenoxy) is 1. The fraction of sp³-hybridized carbons (Fsp3) is 0.375. The molecule has 0 spiro atoms. The summed E-state index contributed by atoms with van der Waals surface area (Å²) >= 11 is 1.71. The Kier molecular flexibility index (Phi) is 4.53. The number of methoxy groups -OCH3 is 1. The van der Waals surface area contributed by atoms with Crippen LogP contribution in [0, 0.1) is 5.82 Å². The van der Waals surface area contributed by atoms with Gasteiger partial charge in [-0.1, -0.05) is 12.1 Å². The summed E-state index contributed by atoms with van der Waals surface area (Å²) in [7, 11) is 1.70. The van der Waals surface area contributed by atoms with Gasteiger partial charge in [-0.25, -0.2) is 4.39 Å². The van der Waals surface area contributed by atoms with Crippen LogP contribution in [0.1, 0.15) is 16.5 Å². The van der Waals surface area contributed by atoms with Crippen molar-refractivity contribution in [2.45, 2.75) is 12.6 Å². The van der Waals surface area contributed by atoms with Crippen LogP contribution in [-0.4, -0.2) is 31.6 Å². The number of nitrogens with zero attached hydrogens (tertiary/aromatic N) is 1. The number of nitrogens with one attached hydrogen (secondary N) is 1. The van der Waals surface area contributed by atoms with Crippen LogP contribution in [0.5, 0.6) is 5.75 Å². The van der Waals surface area contributed by atoms with E-state index < -0.39 is 0 Å². The maximum Gasteiger partial charge on any atom is 0.134 e. The van der Waals surface area contributed by atoms with Crippen LogP contribution in [0.2, 0.25) is 0 Å². The summed E-state index contributed by atoms with van der Waals surface area (Å²) in [6.45, 7) is 3.59. The summed E-state index contributed by atoms with van der Waals surface area (Å²) in [6.07, 6.45) is 0. The summed E-state index contributed by atoms with van der Waals surface area (Å²) < 4.78 is 18.9. The third-order valence-electron chi connectivity index (χ3n) is 3.86. The second-order valence-corrected chi connectivity index (χ2v) is 6.16. The average Bonchev–Trinajstić information content (AvgIpc) is 2.95. The van der Waals surface area contributed by atoms with E-state index in [2.05, 4.69) is 10.2 Å². The van der Waals surface area contributed by atoms with E-state index in [4.69, 9.17) is 4.74 Å². The topological polar surface area (TPSA) is 24.5 Å². The fourth-order valence-electron chi connectivity index (χ4n) is 2.79. The van der Waals surface area contributed by atoms with Gasteiger partial charge < -0.3 is 10.1 Å². The Morgan fingerprint density at radius 2 is 2.33 bits per heavy atom. The molecule has 112 valence electrons. The highest BCUT2D eigenvalue weighted by Gasteiger charge is 2.25. The molecule has 1 atom stereocenters. The number of hydrogen-bond acceptors (Lipinski definition) is 4. The molecule has 2 aromatic rings. The van der Waals surface area contributed by atoms with Crippen LogP contribution in [0.15, 0.2) is 35.7 Å². The predicted molar refractivity (Wildman–Crippen MR) is 83.3 cm³/mol. The third-order valence-corrected chi connectivity index (χ3v) is 4.75. The Balaban J connectivity index is 1.81. The summed E-state index contributed by atoms with van der Waals surface area (Å²) in [6, 6.07) is 9.10. The first kappa shape index (κ1) is 14.5. The third kappa shape index (κ3) is 3.26. The molecule has 1 aliphatic rings. The lowest BCUT2D eigenvalue weighted by atomic mass is 10.0. The first-order valence-electron chi connectivity index (χ1n) is 7.08. The van der Waals surface area contributed by atoms with E-state index in [1.807, 2.05) is 17.5 Å². The van der Waals surface area contributed by atoms with Gasteiger partial charge in [0.2, 0.25) is 0 Å². The highest BCUT2D eigenvalue weighted by molar-refractivity contribution is 7.10. The zero-order chi connectivity index (χ0) is 14.7. The minimum absolute atomic E-state index is 0.174. The Morgan fingerprint density at radius 1 is 1.43 bits per heavy atom. The minimum atomic E-state index is -0.174. The fourth-order valence-corrected chi connectivity index (χ4v) is 3.65. The molecule has 1 N–H and O–H groups in total. The number of thiophene rings is 1. The Hall–Kier alpha value is -1.43. The van der Waals surface area contributed by atoms with Gasteiger partial charge >= 0.3 is 0 Å². The monoisotopic (exact) mass is 306 g/mol. The van der Waals surface area contributed by atoms with E-state index in [0.717, 1.165) is 37.5 Å². The molecule has 0 saturated carbocycles. The first-order valence-corrected chi connectivity index (χ1v) is 7.96. The predicted octanol–water partition coefficient (Wildman–Crippen LogP) is 3.04. The molecule has 1 aromatic carbocycles.